The zero-order valence-corrected chi connectivity index (χ0v) is 17.9. The van der Waals surface area contributed by atoms with Gasteiger partial charge in [0.25, 0.3) is 15.9 Å². The second kappa shape index (κ2) is 9.22. The van der Waals surface area contributed by atoms with Crippen molar-refractivity contribution in [3.05, 3.63) is 47.2 Å². The van der Waals surface area contributed by atoms with Gasteiger partial charge in [0, 0.05) is 44.0 Å². The van der Waals surface area contributed by atoms with Crippen LogP contribution in [0.4, 0.5) is 8.78 Å². The van der Waals surface area contributed by atoms with Crippen molar-refractivity contribution in [1.82, 2.24) is 19.4 Å². The van der Waals surface area contributed by atoms with Crippen molar-refractivity contribution >= 4 is 15.9 Å². The lowest BCUT2D eigenvalue weighted by atomic mass is 10.0. The van der Waals surface area contributed by atoms with Crippen molar-refractivity contribution in [3.63, 3.8) is 0 Å². The number of hydrogen-bond acceptors (Lipinski definition) is 4. The molecule has 3 rings (SSSR count). The molecule has 164 valence electrons. The topological polar surface area (TPSA) is 84.3 Å². The Morgan fingerprint density at radius 3 is 2.60 bits per heavy atom. The third-order valence-corrected chi connectivity index (χ3v) is 7.04. The summed E-state index contributed by atoms with van der Waals surface area (Å²) in [5.41, 5.74) is 0.0183. The summed E-state index contributed by atoms with van der Waals surface area (Å²) in [6, 6.07) is 3.06. The van der Waals surface area contributed by atoms with Gasteiger partial charge in [-0.05, 0) is 31.2 Å². The highest BCUT2D eigenvalue weighted by Gasteiger charge is 2.34. The van der Waals surface area contributed by atoms with E-state index >= 15 is 0 Å². The van der Waals surface area contributed by atoms with E-state index in [1.807, 2.05) is 6.92 Å². The minimum absolute atomic E-state index is 0.0791. The maximum Gasteiger partial charge on any atom is 0.263 e. The van der Waals surface area contributed by atoms with E-state index in [0.717, 1.165) is 25.0 Å². The molecule has 0 bridgehead atoms. The number of amides is 1. The fourth-order valence-corrected chi connectivity index (χ4v) is 4.94. The Hall–Kier alpha value is -2.33. The standard InChI is InChI=1S/C20H26F2N4O3S/c1-3-8-25-13-17(19(27)23-12-15-4-5-16(21)11-18(15)22)20(24-25)30(28,29)26-9-6-14(2)7-10-26/h4-5,11,13-14H,3,6-10,12H2,1-2H3,(H,23,27). The molecule has 1 N–H and O–H groups in total. The van der Waals surface area contributed by atoms with Crippen molar-refractivity contribution in [2.45, 2.75) is 51.2 Å². The molecule has 2 heterocycles. The molecular formula is C20H26F2N4O3S. The molecule has 0 aliphatic carbocycles. The van der Waals surface area contributed by atoms with Gasteiger partial charge in [0.2, 0.25) is 5.03 Å². The lowest BCUT2D eigenvalue weighted by molar-refractivity contribution is 0.0947. The molecule has 10 heteroatoms. The lowest BCUT2D eigenvalue weighted by Crippen LogP contribution is -2.39. The van der Waals surface area contributed by atoms with Crippen LogP contribution in [-0.2, 0) is 23.1 Å². The number of aromatic nitrogens is 2. The number of sulfonamides is 1. The van der Waals surface area contributed by atoms with Crippen LogP contribution in [0, 0.1) is 17.6 Å². The molecule has 7 nitrogen and oxygen atoms in total. The Kier molecular flexibility index (Phi) is 6.87. The van der Waals surface area contributed by atoms with E-state index in [9.17, 15) is 22.0 Å². The molecule has 1 aliphatic heterocycles. The molecule has 30 heavy (non-hydrogen) atoms. The van der Waals surface area contributed by atoms with E-state index in [0.29, 0.717) is 32.0 Å². The Labute approximate surface area is 175 Å². The quantitative estimate of drug-likeness (QED) is 0.718. The van der Waals surface area contributed by atoms with Crippen molar-refractivity contribution < 1.29 is 22.0 Å². The molecule has 1 aromatic heterocycles. The van der Waals surface area contributed by atoms with Crippen LogP contribution in [-0.4, -0.2) is 41.5 Å². The SMILES string of the molecule is CCCn1cc(C(=O)NCc2ccc(F)cc2F)c(S(=O)(=O)N2CCC(C)CC2)n1. The number of carbonyl (C=O) groups excluding carboxylic acids is 1. The van der Waals surface area contributed by atoms with Gasteiger partial charge in [-0.15, -0.1) is 0 Å². The van der Waals surface area contributed by atoms with Crippen molar-refractivity contribution in [3.8, 4) is 0 Å². The molecule has 1 fully saturated rings. The highest BCUT2D eigenvalue weighted by Crippen LogP contribution is 2.25. The average Bonchev–Trinajstić information content (AvgIpc) is 3.13. The minimum atomic E-state index is -3.94. The Morgan fingerprint density at radius 1 is 1.27 bits per heavy atom. The first-order valence-electron chi connectivity index (χ1n) is 10.0. The first-order chi connectivity index (χ1) is 14.2. The Morgan fingerprint density at radius 2 is 1.97 bits per heavy atom. The number of rotatable bonds is 7. The summed E-state index contributed by atoms with van der Waals surface area (Å²) in [4.78, 5) is 12.8. The fraction of sp³-hybridized carbons (Fsp3) is 0.500. The maximum atomic E-state index is 13.8. The van der Waals surface area contributed by atoms with Gasteiger partial charge in [0.15, 0.2) is 0 Å². The minimum Gasteiger partial charge on any atom is -0.348 e. The van der Waals surface area contributed by atoms with Crippen LogP contribution in [0.25, 0.3) is 0 Å². The van der Waals surface area contributed by atoms with E-state index in [1.54, 1.807) is 0 Å². The summed E-state index contributed by atoms with van der Waals surface area (Å²) in [6.45, 7) is 5.01. The molecule has 1 amide bonds. The fourth-order valence-electron chi connectivity index (χ4n) is 3.38. The summed E-state index contributed by atoms with van der Waals surface area (Å²) in [5.74, 6) is -1.73. The van der Waals surface area contributed by atoms with Crippen molar-refractivity contribution in [2.24, 2.45) is 5.92 Å². The number of halogens is 2. The first kappa shape index (κ1) is 22.4. The zero-order valence-electron chi connectivity index (χ0n) is 17.1. The van der Waals surface area contributed by atoms with Crippen LogP contribution in [0.5, 0.6) is 0 Å². The number of nitrogens with zero attached hydrogens (tertiary/aromatic N) is 3. The molecule has 0 spiro atoms. The second-order valence-corrected chi connectivity index (χ2v) is 9.47. The molecular weight excluding hydrogens is 414 g/mol. The number of nitrogens with one attached hydrogen (secondary N) is 1. The molecule has 1 aliphatic rings. The largest absolute Gasteiger partial charge is 0.348 e. The van der Waals surface area contributed by atoms with Gasteiger partial charge in [0.1, 0.15) is 11.6 Å². The number of benzene rings is 1. The van der Waals surface area contributed by atoms with Gasteiger partial charge >= 0.3 is 0 Å². The first-order valence-corrected chi connectivity index (χ1v) is 11.5. The van der Waals surface area contributed by atoms with Gasteiger partial charge in [-0.25, -0.2) is 17.2 Å². The number of piperidine rings is 1. The smallest absolute Gasteiger partial charge is 0.263 e. The van der Waals surface area contributed by atoms with E-state index in [1.165, 1.54) is 21.3 Å². The summed E-state index contributed by atoms with van der Waals surface area (Å²) in [7, 11) is -3.94. The van der Waals surface area contributed by atoms with E-state index < -0.39 is 27.6 Å². The number of aryl methyl sites for hydroxylation is 1. The third-order valence-electron chi connectivity index (χ3n) is 5.21. The molecule has 0 saturated carbocycles. The summed E-state index contributed by atoms with van der Waals surface area (Å²) in [5, 5.41) is 6.40. The summed E-state index contributed by atoms with van der Waals surface area (Å²) >= 11 is 0. The van der Waals surface area contributed by atoms with E-state index in [2.05, 4.69) is 17.3 Å². The molecule has 0 unspecified atom stereocenters. The Balaban J connectivity index is 1.85. The van der Waals surface area contributed by atoms with E-state index in [-0.39, 0.29) is 22.7 Å². The van der Waals surface area contributed by atoms with Gasteiger partial charge in [-0.3, -0.25) is 9.48 Å². The number of hydrogen-bond donors (Lipinski definition) is 1. The highest BCUT2D eigenvalue weighted by atomic mass is 32.2. The lowest BCUT2D eigenvalue weighted by Gasteiger charge is -2.28. The van der Waals surface area contributed by atoms with Crippen LogP contribution in [0.2, 0.25) is 0 Å². The van der Waals surface area contributed by atoms with Gasteiger partial charge in [-0.1, -0.05) is 19.9 Å². The van der Waals surface area contributed by atoms with Crippen LogP contribution >= 0.6 is 0 Å². The molecule has 1 aromatic carbocycles. The van der Waals surface area contributed by atoms with Crippen LogP contribution in [0.3, 0.4) is 0 Å². The third kappa shape index (κ3) is 4.86. The van der Waals surface area contributed by atoms with Crippen molar-refractivity contribution in [1.29, 1.82) is 0 Å². The molecule has 0 radical (unpaired) electrons. The van der Waals surface area contributed by atoms with Crippen LogP contribution in [0.1, 0.15) is 49.0 Å². The molecule has 2 aromatic rings. The normalized spacial score (nSPS) is 16.0. The van der Waals surface area contributed by atoms with Gasteiger partial charge in [0.05, 0.1) is 5.56 Å². The summed E-state index contributed by atoms with van der Waals surface area (Å²) in [6.07, 6.45) is 3.62. The maximum absolute atomic E-state index is 13.8. The van der Waals surface area contributed by atoms with Crippen molar-refractivity contribution in [2.75, 3.05) is 13.1 Å². The predicted octanol–water partition coefficient (Wildman–Crippen LogP) is 2.92. The van der Waals surface area contributed by atoms with Crippen LogP contribution in [0.15, 0.2) is 29.4 Å². The van der Waals surface area contributed by atoms with Gasteiger partial charge < -0.3 is 5.32 Å². The van der Waals surface area contributed by atoms with Crippen LogP contribution < -0.4 is 5.32 Å². The Bertz CT molecular complexity index is 1020. The predicted molar refractivity (Wildman–Crippen MR) is 107 cm³/mol. The average molecular weight is 441 g/mol. The van der Waals surface area contributed by atoms with E-state index in [4.69, 9.17) is 0 Å². The second-order valence-electron chi connectivity index (χ2n) is 7.62. The number of carbonyl (C=O) groups is 1. The summed E-state index contributed by atoms with van der Waals surface area (Å²) < 4.78 is 56.0. The zero-order chi connectivity index (χ0) is 21.9. The van der Waals surface area contributed by atoms with Gasteiger partial charge in [-0.2, -0.15) is 9.40 Å². The monoisotopic (exact) mass is 440 g/mol. The molecule has 0 atom stereocenters. The molecule has 1 saturated heterocycles. The highest BCUT2D eigenvalue weighted by molar-refractivity contribution is 7.89.